The van der Waals surface area contributed by atoms with Gasteiger partial charge < -0.3 is 25.6 Å². The van der Waals surface area contributed by atoms with E-state index in [1.165, 1.54) is 4.90 Å². The normalized spacial score (nSPS) is 18.1. The van der Waals surface area contributed by atoms with Gasteiger partial charge in [-0.25, -0.2) is 13.1 Å². The molecule has 2 aliphatic heterocycles. The van der Waals surface area contributed by atoms with Crippen molar-refractivity contribution in [2.45, 2.75) is 43.6 Å². The lowest BCUT2D eigenvalue weighted by Crippen LogP contribution is -2.55. The first kappa shape index (κ1) is 30.2. The SMILES string of the molecule is N=C(N)c1ccc(CNC(=O)[C@@H]2CCCN2C(=O)[C@@H](CC(=O)N2CCOCC2)NS(=O)(=O)Cc2ccccc2)cc1. The highest BCUT2D eigenvalue weighted by Crippen LogP contribution is 2.21. The Bertz CT molecular complexity index is 1350. The van der Waals surface area contributed by atoms with Gasteiger partial charge in [0.2, 0.25) is 27.7 Å². The zero-order valence-electron chi connectivity index (χ0n) is 22.8. The Morgan fingerprint density at radius 1 is 1.00 bits per heavy atom. The summed E-state index contributed by atoms with van der Waals surface area (Å²) < 4.78 is 34.0. The molecule has 13 heteroatoms. The number of hydrogen-bond donors (Lipinski definition) is 4. The fraction of sp³-hybridized carbons (Fsp3) is 0.429. The van der Waals surface area contributed by atoms with Gasteiger partial charge >= 0.3 is 0 Å². The lowest BCUT2D eigenvalue weighted by atomic mass is 10.1. The molecule has 220 valence electrons. The second-order valence-corrected chi connectivity index (χ2v) is 11.9. The van der Waals surface area contributed by atoms with E-state index >= 15 is 0 Å². The quantitative estimate of drug-likeness (QED) is 0.217. The number of benzene rings is 2. The molecule has 0 saturated carbocycles. The molecule has 4 rings (SSSR count). The van der Waals surface area contributed by atoms with Crippen LogP contribution in [0.5, 0.6) is 0 Å². The number of sulfonamides is 1. The van der Waals surface area contributed by atoms with Gasteiger partial charge in [-0.15, -0.1) is 0 Å². The third-order valence-corrected chi connectivity index (χ3v) is 8.49. The zero-order valence-corrected chi connectivity index (χ0v) is 23.6. The topological polar surface area (TPSA) is 175 Å². The maximum Gasteiger partial charge on any atom is 0.243 e. The first-order valence-corrected chi connectivity index (χ1v) is 15.2. The molecule has 3 amide bonds. The van der Waals surface area contributed by atoms with Crippen LogP contribution in [0.3, 0.4) is 0 Å². The van der Waals surface area contributed by atoms with E-state index in [0.29, 0.717) is 50.3 Å². The van der Waals surface area contributed by atoms with E-state index in [1.54, 1.807) is 59.5 Å². The highest BCUT2D eigenvalue weighted by atomic mass is 32.2. The van der Waals surface area contributed by atoms with Crippen LogP contribution in [0.25, 0.3) is 0 Å². The average Bonchev–Trinajstić information content (AvgIpc) is 3.46. The zero-order chi connectivity index (χ0) is 29.4. The van der Waals surface area contributed by atoms with E-state index in [4.69, 9.17) is 15.9 Å². The van der Waals surface area contributed by atoms with E-state index in [2.05, 4.69) is 10.0 Å². The molecule has 0 bridgehead atoms. The highest BCUT2D eigenvalue weighted by molar-refractivity contribution is 7.88. The van der Waals surface area contributed by atoms with E-state index in [1.807, 2.05) is 0 Å². The van der Waals surface area contributed by atoms with Crippen molar-refractivity contribution < 1.29 is 27.5 Å². The molecule has 0 aromatic heterocycles. The van der Waals surface area contributed by atoms with Gasteiger partial charge in [-0.3, -0.25) is 19.8 Å². The number of morpholine rings is 1. The minimum Gasteiger partial charge on any atom is -0.384 e. The maximum atomic E-state index is 13.8. The van der Waals surface area contributed by atoms with E-state index < -0.39 is 28.0 Å². The molecule has 12 nitrogen and oxygen atoms in total. The van der Waals surface area contributed by atoms with Crippen molar-refractivity contribution in [2.75, 3.05) is 32.8 Å². The molecule has 2 aromatic carbocycles. The number of carbonyl (C=O) groups is 3. The van der Waals surface area contributed by atoms with E-state index in [9.17, 15) is 22.8 Å². The summed E-state index contributed by atoms with van der Waals surface area (Å²) in [6.45, 7) is 1.94. The predicted molar refractivity (Wildman–Crippen MR) is 152 cm³/mol. The van der Waals surface area contributed by atoms with Gasteiger partial charge in [0.05, 0.1) is 25.4 Å². The Kier molecular flexibility index (Phi) is 10.1. The predicted octanol–water partition coefficient (Wildman–Crippen LogP) is 0.315. The number of nitrogens with two attached hydrogens (primary N) is 1. The second-order valence-electron chi connectivity index (χ2n) is 10.1. The van der Waals surface area contributed by atoms with E-state index in [-0.39, 0.29) is 42.9 Å². The Labute approximate surface area is 239 Å². The molecular formula is C28H36N6O6S. The molecule has 2 atom stereocenters. The van der Waals surface area contributed by atoms with Gasteiger partial charge in [-0.1, -0.05) is 54.6 Å². The lowest BCUT2D eigenvalue weighted by Gasteiger charge is -2.31. The van der Waals surface area contributed by atoms with Gasteiger partial charge in [0, 0.05) is 31.7 Å². The van der Waals surface area contributed by atoms with Gasteiger partial charge in [0.1, 0.15) is 17.9 Å². The number of rotatable bonds is 11. The van der Waals surface area contributed by atoms with Crippen molar-refractivity contribution >= 4 is 33.6 Å². The van der Waals surface area contributed by atoms with Crippen LogP contribution in [0.4, 0.5) is 0 Å². The van der Waals surface area contributed by atoms with E-state index in [0.717, 1.165) is 5.56 Å². The third-order valence-electron chi connectivity index (χ3n) is 7.13. The lowest BCUT2D eigenvalue weighted by molar-refractivity contribution is -0.143. The van der Waals surface area contributed by atoms with Crippen molar-refractivity contribution in [2.24, 2.45) is 5.73 Å². The summed E-state index contributed by atoms with van der Waals surface area (Å²) >= 11 is 0. The Hall–Kier alpha value is -3.81. The Morgan fingerprint density at radius 3 is 2.34 bits per heavy atom. The summed E-state index contributed by atoms with van der Waals surface area (Å²) in [5.74, 6) is -1.73. The third kappa shape index (κ3) is 8.35. The summed E-state index contributed by atoms with van der Waals surface area (Å²) in [6.07, 6.45) is 0.625. The first-order valence-electron chi connectivity index (χ1n) is 13.5. The van der Waals surface area contributed by atoms with Crippen LogP contribution >= 0.6 is 0 Å². The first-order chi connectivity index (χ1) is 19.6. The monoisotopic (exact) mass is 584 g/mol. The highest BCUT2D eigenvalue weighted by Gasteiger charge is 2.39. The number of carbonyl (C=O) groups excluding carboxylic acids is 3. The Balaban J connectivity index is 1.46. The van der Waals surface area contributed by atoms with Crippen molar-refractivity contribution in [3.63, 3.8) is 0 Å². The standard InChI is InChI=1S/C28H36N6O6S/c29-26(30)22-10-8-20(9-11-22)18-31-27(36)24-7-4-12-34(24)28(37)23(17-25(35)33-13-15-40-16-14-33)32-41(38,39)19-21-5-2-1-3-6-21/h1-3,5-6,8-11,23-24,32H,4,7,12-19H2,(H3,29,30)(H,31,36)/t23-,24+/m1/s1. The van der Waals surface area contributed by atoms with Crippen molar-refractivity contribution in [3.05, 3.63) is 71.3 Å². The van der Waals surface area contributed by atoms with Gasteiger partial charge in [0.15, 0.2) is 0 Å². The van der Waals surface area contributed by atoms with Gasteiger partial charge in [0.25, 0.3) is 0 Å². The minimum atomic E-state index is -4.00. The second kappa shape index (κ2) is 13.7. The average molecular weight is 585 g/mol. The summed E-state index contributed by atoms with van der Waals surface area (Å²) in [5, 5.41) is 10.3. The molecule has 0 radical (unpaired) electrons. The molecule has 5 N–H and O–H groups in total. The summed E-state index contributed by atoms with van der Waals surface area (Å²) in [7, 11) is -4.00. The van der Waals surface area contributed by atoms with Crippen LogP contribution in [0.2, 0.25) is 0 Å². The molecular weight excluding hydrogens is 548 g/mol. The molecule has 41 heavy (non-hydrogen) atoms. The smallest absolute Gasteiger partial charge is 0.243 e. The number of nitrogen functional groups attached to an aromatic ring is 1. The molecule has 0 spiro atoms. The maximum absolute atomic E-state index is 13.8. The molecule has 2 fully saturated rings. The largest absolute Gasteiger partial charge is 0.384 e. The number of amides is 3. The van der Waals surface area contributed by atoms with Crippen molar-refractivity contribution in [3.8, 4) is 0 Å². The number of nitrogens with zero attached hydrogens (tertiary/aromatic N) is 2. The van der Waals surface area contributed by atoms with Crippen molar-refractivity contribution in [1.82, 2.24) is 19.8 Å². The molecule has 2 heterocycles. The summed E-state index contributed by atoms with van der Waals surface area (Å²) in [6, 6.07) is 13.3. The summed E-state index contributed by atoms with van der Waals surface area (Å²) in [4.78, 5) is 42.9. The molecule has 2 aromatic rings. The van der Waals surface area contributed by atoms with Crippen LogP contribution in [0.15, 0.2) is 54.6 Å². The number of amidine groups is 1. The van der Waals surface area contributed by atoms with Crippen molar-refractivity contribution in [1.29, 1.82) is 5.41 Å². The fourth-order valence-corrected chi connectivity index (χ4v) is 6.29. The Morgan fingerprint density at radius 2 is 1.68 bits per heavy atom. The molecule has 0 aliphatic carbocycles. The minimum absolute atomic E-state index is 0.0539. The van der Waals surface area contributed by atoms with Crippen LogP contribution in [-0.2, 0) is 41.4 Å². The summed E-state index contributed by atoms with van der Waals surface area (Å²) in [5.41, 5.74) is 7.39. The number of hydrogen-bond acceptors (Lipinski definition) is 7. The molecule has 2 saturated heterocycles. The van der Waals surface area contributed by atoms with Crippen LogP contribution < -0.4 is 15.8 Å². The van der Waals surface area contributed by atoms with Gasteiger partial charge in [-0.2, -0.15) is 0 Å². The molecule has 0 unspecified atom stereocenters. The number of nitrogens with one attached hydrogen (secondary N) is 3. The van der Waals surface area contributed by atoms with Gasteiger partial charge in [-0.05, 0) is 24.0 Å². The molecule has 2 aliphatic rings. The number of likely N-dealkylation sites (tertiary alicyclic amines) is 1. The van der Waals surface area contributed by atoms with Crippen LogP contribution in [-0.4, -0.2) is 86.7 Å². The van der Waals surface area contributed by atoms with Crippen LogP contribution in [0.1, 0.15) is 36.0 Å². The van der Waals surface area contributed by atoms with Crippen LogP contribution in [0, 0.1) is 5.41 Å². The number of ether oxygens (including phenoxy) is 1. The fourth-order valence-electron chi connectivity index (χ4n) is 4.96.